The van der Waals surface area contributed by atoms with Gasteiger partial charge in [0.2, 0.25) is 0 Å². The molecule has 0 heterocycles. The van der Waals surface area contributed by atoms with Crippen LogP contribution in [0.3, 0.4) is 0 Å². The van der Waals surface area contributed by atoms with Gasteiger partial charge in [-0.3, -0.25) is 5.32 Å². The zero-order valence-electron chi connectivity index (χ0n) is 6.85. The van der Waals surface area contributed by atoms with Crippen molar-refractivity contribution in [2.75, 3.05) is 6.54 Å². The summed E-state index contributed by atoms with van der Waals surface area (Å²) in [6.45, 7) is 8.61. The molecule has 0 aromatic carbocycles. The molecule has 0 aliphatic carbocycles. The first-order valence-electron chi connectivity index (χ1n) is 3.81. The second-order valence-electron chi connectivity index (χ2n) is 2.37. The largest absolute Gasteiger partial charge is 0.375 e. The summed E-state index contributed by atoms with van der Waals surface area (Å²) >= 11 is 0. The summed E-state index contributed by atoms with van der Waals surface area (Å²) in [6, 6.07) is 0. The molecule has 60 valence electrons. The lowest BCUT2D eigenvalue weighted by molar-refractivity contribution is 0.170. The van der Waals surface area contributed by atoms with E-state index in [0.29, 0.717) is 0 Å². The van der Waals surface area contributed by atoms with Crippen molar-refractivity contribution in [2.45, 2.75) is 32.9 Å². The number of hydrogen-bond acceptors (Lipinski definition) is 2. The highest BCUT2D eigenvalue weighted by Gasteiger charge is 2.02. The highest BCUT2D eigenvalue weighted by molar-refractivity contribution is 4.98. The zero-order valence-corrected chi connectivity index (χ0v) is 6.85. The van der Waals surface area contributed by atoms with E-state index in [0.717, 1.165) is 25.0 Å². The molecular formula is C8H17NO. The SMILES string of the molecule is C=C(CC)C(O)NCCC. The molecule has 0 saturated heterocycles. The predicted octanol–water partition coefficient (Wildman–Crippen LogP) is 1.27. The third-order valence-corrected chi connectivity index (χ3v) is 1.43. The molecule has 0 rings (SSSR count). The number of aliphatic hydroxyl groups is 1. The lowest BCUT2D eigenvalue weighted by Crippen LogP contribution is -2.30. The first-order valence-corrected chi connectivity index (χ1v) is 3.81. The summed E-state index contributed by atoms with van der Waals surface area (Å²) < 4.78 is 0. The first-order chi connectivity index (χ1) is 4.72. The fraction of sp³-hybridized carbons (Fsp3) is 0.750. The zero-order chi connectivity index (χ0) is 7.98. The van der Waals surface area contributed by atoms with Crippen LogP contribution in [0.4, 0.5) is 0 Å². The Morgan fingerprint density at radius 2 is 2.20 bits per heavy atom. The Labute approximate surface area is 62.9 Å². The summed E-state index contributed by atoms with van der Waals surface area (Å²) in [5.74, 6) is 0. The number of nitrogens with one attached hydrogen (secondary N) is 1. The van der Waals surface area contributed by atoms with Crippen LogP contribution in [0.2, 0.25) is 0 Å². The fourth-order valence-electron chi connectivity index (χ4n) is 0.619. The van der Waals surface area contributed by atoms with E-state index in [1.807, 2.05) is 6.92 Å². The molecule has 0 aromatic rings. The van der Waals surface area contributed by atoms with E-state index in [4.69, 9.17) is 0 Å². The third kappa shape index (κ3) is 3.64. The molecule has 0 aromatic heterocycles. The Bertz CT molecular complexity index is 101. The van der Waals surface area contributed by atoms with Gasteiger partial charge in [0.05, 0.1) is 0 Å². The van der Waals surface area contributed by atoms with Gasteiger partial charge in [-0.15, -0.1) is 0 Å². The molecule has 0 bridgehead atoms. The number of aliphatic hydroxyl groups excluding tert-OH is 1. The van der Waals surface area contributed by atoms with Gasteiger partial charge in [0.15, 0.2) is 0 Å². The van der Waals surface area contributed by atoms with Crippen molar-refractivity contribution in [3.05, 3.63) is 12.2 Å². The van der Waals surface area contributed by atoms with Crippen molar-refractivity contribution in [3.8, 4) is 0 Å². The van der Waals surface area contributed by atoms with Gasteiger partial charge in [0.1, 0.15) is 6.23 Å². The second kappa shape index (κ2) is 5.45. The minimum atomic E-state index is -0.509. The van der Waals surface area contributed by atoms with Gasteiger partial charge < -0.3 is 5.11 Å². The Morgan fingerprint density at radius 3 is 2.60 bits per heavy atom. The van der Waals surface area contributed by atoms with Gasteiger partial charge in [-0.05, 0) is 25.0 Å². The molecule has 0 radical (unpaired) electrons. The maximum atomic E-state index is 9.24. The normalized spacial score (nSPS) is 13.1. The van der Waals surface area contributed by atoms with Crippen molar-refractivity contribution in [3.63, 3.8) is 0 Å². The van der Waals surface area contributed by atoms with Crippen molar-refractivity contribution in [2.24, 2.45) is 0 Å². The molecule has 2 heteroatoms. The van der Waals surface area contributed by atoms with Crippen molar-refractivity contribution < 1.29 is 5.11 Å². The van der Waals surface area contributed by atoms with E-state index in [1.54, 1.807) is 0 Å². The summed E-state index contributed by atoms with van der Waals surface area (Å²) in [4.78, 5) is 0. The molecule has 0 spiro atoms. The van der Waals surface area contributed by atoms with E-state index in [1.165, 1.54) is 0 Å². The molecule has 0 fully saturated rings. The maximum Gasteiger partial charge on any atom is 0.126 e. The van der Waals surface area contributed by atoms with Crippen LogP contribution < -0.4 is 5.32 Å². The van der Waals surface area contributed by atoms with E-state index < -0.39 is 6.23 Å². The average molecular weight is 143 g/mol. The van der Waals surface area contributed by atoms with Gasteiger partial charge in [-0.1, -0.05) is 20.4 Å². The van der Waals surface area contributed by atoms with Crippen LogP contribution in [0.15, 0.2) is 12.2 Å². The summed E-state index contributed by atoms with van der Waals surface area (Å²) in [5.41, 5.74) is 0.855. The molecule has 0 aliphatic heterocycles. The van der Waals surface area contributed by atoms with E-state index in [9.17, 15) is 5.11 Å². The molecule has 0 saturated carbocycles. The number of rotatable bonds is 5. The molecule has 2 N–H and O–H groups in total. The summed E-state index contributed by atoms with van der Waals surface area (Å²) in [7, 11) is 0. The fourth-order valence-corrected chi connectivity index (χ4v) is 0.619. The molecule has 1 unspecified atom stereocenters. The van der Waals surface area contributed by atoms with E-state index in [2.05, 4.69) is 18.8 Å². The highest BCUT2D eigenvalue weighted by atomic mass is 16.3. The minimum absolute atomic E-state index is 0.509. The van der Waals surface area contributed by atoms with Crippen molar-refractivity contribution >= 4 is 0 Å². The molecule has 0 aliphatic rings. The van der Waals surface area contributed by atoms with Crippen LogP contribution in [0.25, 0.3) is 0 Å². The highest BCUT2D eigenvalue weighted by Crippen LogP contribution is 1.99. The topological polar surface area (TPSA) is 32.3 Å². The lowest BCUT2D eigenvalue weighted by Gasteiger charge is -2.12. The maximum absolute atomic E-state index is 9.24. The Balaban J connectivity index is 3.41. The summed E-state index contributed by atoms with van der Waals surface area (Å²) in [6.07, 6.45) is 1.36. The Kier molecular flexibility index (Phi) is 5.26. The Morgan fingerprint density at radius 1 is 1.60 bits per heavy atom. The first kappa shape index (κ1) is 9.66. The molecule has 2 nitrogen and oxygen atoms in total. The van der Waals surface area contributed by atoms with Crippen LogP contribution in [0.1, 0.15) is 26.7 Å². The predicted molar refractivity (Wildman–Crippen MR) is 43.7 cm³/mol. The quantitative estimate of drug-likeness (QED) is 0.448. The summed E-state index contributed by atoms with van der Waals surface area (Å²) in [5, 5.41) is 12.2. The molecular weight excluding hydrogens is 126 g/mol. The standard InChI is InChI=1S/C8H17NO/c1-4-6-9-8(10)7(3)5-2/h8-10H,3-6H2,1-2H3. The van der Waals surface area contributed by atoms with Crippen LogP contribution in [-0.2, 0) is 0 Å². The van der Waals surface area contributed by atoms with Crippen LogP contribution in [-0.4, -0.2) is 17.9 Å². The molecule has 1 atom stereocenters. The van der Waals surface area contributed by atoms with E-state index >= 15 is 0 Å². The molecule has 10 heavy (non-hydrogen) atoms. The van der Waals surface area contributed by atoms with Gasteiger partial charge in [0.25, 0.3) is 0 Å². The Hall–Kier alpha value is -0.340. The van der Waals surface area contributed by atoms with Gasteiger partial charge in [0, 0.05) is 0 Å². The van der Waals surface area contributed by atoms with Crippen molar-refractivity contribution in [1.82, 2.24) is 5.32 Å². The minimum Gasteiger partial charge on any atom is -0.375 e. The van der Waals surface area contributed by atoms with E-state index in [-0.39, 0.29) is 0 Å². The van der Waals surface area contributed by atoms with Crippen LogP contribution >= 0.6 is 0 Å². The smallest absolute Gasteiger partial charge is 0.126 e. The number of hydrogen-bond donors (Lipinski definition) is 2. The lowest BCUT2D eigenvalue weighted by atomic mass is 10.2. The molecule has 0 amide bonds. The van der Waals surface area contributed by atoms with Gasteiger partial charge >= 0.3 is 0 Å². The third-order valence-electron chi connectivity index (χ3n) is 1.43. The van der Waals surface area contributed by atoms with Gasteiger partial charge in [-0.2, -0.15) is 0 Å². The van der Waals surface area contributed by atoms with Crippen molar-refractivity contribution in [1.29, 1.82) is 0 Å². The second-order valence-corrected chi connectivity index (χ2v) is 2.37. The van der Waals surface area contributed by atoms with Crippen LogP contribution in [0.5, 0.6) is 0 Å². The monoisotopic (exact) mass is 143 g/mol. The van der Waals surface area contributed by atoms with Crippen LogP contribution in [0, 0.1) is 0 Å². The van der Waals surface area contributed by atoms with Gasteiger partial charge in [-0.25, -0.2) is 0 Å². The average Bonchev–Trinajstić information content (AvgIpc) is 1.98.